The molecule has 2 unspecified atom stereocenters. The van der Waals surface area contributed by atoms with E-state index in [1.54, 1.807) is 6.07 Å². The molecule has 1 aliphatic heterocycles. The summed E-state index contributed by atoms with van der Waals surface area (Å²) in [6.45, 7) is 5.35. The molecule has 1 aromatic heterocycles. The SMILES string of the molecule is CC1CCC(C)N(c2cc(C(=O)O)c3ccccc3n2)C1. The largest absolute Gasteiger partial charge is 0.478 e. The Kier molecular flexibility index (Phi) is 3.53. The molecule has 110 valence electrons. The number of carboxylic acids is 1. The van der Waals surface area contributed by atoms with Gasteiger partial charge in [-0.05, 0) is 37.8 Å². The Bertz CT molecular complexity index is 684. The molecule has 21 heavy (non-hydrogen) atoms. The van der Waals surface area contributed by atoms with Gasteiger partial charge in [-0.25, -0.2) is 9.78 Å². The number of piperidine rings is 1. The van der Waals surface area contributed by atoms with Crippen molar-refractivity contribution in [3.8, 4) is 0 Å². The molecule has 1 fully saturated rings. The van der Waals surface area contributed by atoms with Gasteiger partial charge in [0.15, 0.2) is 0 Å². The van der Waals surface area contributed by atoms with Crippen LogP contribution in [0.4, 0.5) is 5.82 Å². The van der Waals surface area contributed by atoms with Crippen LogP contribution in [0.1, 0.15) is 37.0 Å². The molecule has 2 heterocycles. The summed E-state index contributed by atoms with van der Waals surface area (Å²) in [5.41, 5.74) is 1.08. The minimum absolute atomic E-state index is 0.334. The predicted octanol–water partition coefficient (Wildman–Crippen LogP) is 3.56. The third-order valence-corrected chi connectivity index (χ3v) is 4.35. The van der Waals surface area contributed by atoms with Crippen molar-refractivity contribution >= 4 is 22.7 Å². The van der Waals surface area contributed by atoms with Crippen molar-refractivity contribution in [3.05, 3.63) is 35.9 Å². The number of aromatic nitrogens is 1. The van der Waals surface area contributed by atoms with E-state index in [1.165, 1.54) is 6.42 Å². The number of hydrogen-bond acceptors (Lipinski definition) is 3. The number of pyridine rings is 1. The van der Waals surface area contributed by atoms with Crippen LogP contribution in [0.3, 0.4) is 0 Å². The molecular formula is C17H20N2O2. The van der Waals surface area contributed by atoms with Crippen molar-refractivity contribution in [1.29, 1.82) is 0 Å². The van der Waals surface area contributed by atoms with Crippen LogP contribution >= 0.6 is 0 Å². The van der Waals surface area contributed by atoms with E-state index in [4.69, 9.17) is 0 Å². The van der Waals surface area contributed by atoms with Crippen LogP contribution in [0.15, 0.2) is 30.3 Å². The second kappa shape index (κ2) is 5.35. The average Bonchev–Trinajstić information content (AvgIpc) is 2.48. The molecule has 3 rings (SSSR count). The van der Waals surface area contributed by atoms with Crippen LogP contribution in [0.25, 0.3) is 10.9 Å². The number of nitrogens with zero attached hydrogens (tertiary/aromatic N) is 2. The zero-order valence-corrected chi connectivity index (χ0v) is 12.4. The van der Waals surface area contributed by atoms with Gasteiger partial charge in [-0.2, -0.15) is 0 Å². The number of carbonyl (C=O) groups is 1. The molecule has 2 atom stereocenters. The third-order valence-electron chi connectivity index (χ3n) is 4.35. The first kappa shape index (κ1) is 13.9. The highest BCUT2D eigenvalue weighted by molar-refractivity contribution is 6.03. The molecular weight excluding hydrogens is 264 g/mol. The van der Waals surface area contributed by atoms with Crippen LogP contribution in [-0.4, -0.2) is 28.6 Å². The van der Waals surface area contributed by atoms with Crippen molar-refractivity contribution in [2.45, 2.75) is 32.7 Å². The molecule has 0 amide bonds. The molecule has 4 heteroatoms. The Hall–Kier alpha value is -2.10. The zero-order chi connectivity index (χ0) is 15.0. The predicted molar refractivity (Wildman–Crippen MR) is 83.9 cm³/mol. The van der Waals surface area contributed by atoms with Gasteiger partial charge in [0.1, 0.15) is 5.82 Å². The maximum atomic E-state index is 11.5. The first-order valence-electron chi connectivity index (χ1n) is 7.46. The molecule has 0 saturated carbocycles. The molecule has 0 bridgehead atoms. The highest BCUT2D eigenvalue weighted by Gasteiger charge is 2.25. The van der Waals surface area contributed by atoms with Gasteiger partial charge in [0, 0.05) is 18.0 Å². The second-order valence-electron chi connectivity index (χ2n) is 6.03. The lowest BCUT2D eigenvalue weighted by atomic mass is 9.95. The molecule has 1 N–H and O–H groups in total. The van der Waals surface area contributed by atoms with Gasteiger partial charge in [-0.1, -0.05) is 25.1 Å². The van der Waals surface area contributed by atoms with Crippen LogP contribution in [0.5, 0.6) is 0 Å². The van der Waals surface area contributed by atoms with Crippen LogP contribution in [-0.2, 0) is 0 Å². The standard InChI is InChI=1S/C17H20N2O2/c1-11-7-8-12(2)19(10-11)16-9-14(17(20)21)13-5-3-4-6-15(13)18-16/h3-6,9,11-12H,7-8,10H2,1-2H3,(H,20,21). The van der Waals surface area contributed by atoms with Gasteiger partial charge in [-0.15, -0.1) is 0 Å². The van der Waals surface area contributed by atoms with Gasteiger partial charge in [-0.3, -0.25) is 0 Å². The summed E-state index contributed by atoms with van der Waals surface area (Å²) in [6.07, 6.45) is 2.34. The summed E-state index contributed by atoms with van der Waals surface area (Å²) in [7, 11) is 0. The van der Waals surface area contributed by atoms with Crippen LogP contribution in [0.2, 0.25) is 0 Å². The number of aromatic carboxylic acids is 1. The van der Waals surface area contributed by atoms with Gasteiger partial charge < -0.3 is 10.0 Å². The van der Waals surface area contributed by atoms with Crippen molar-refractivity contribution in [2.24, 2.45) is 5.92 Å². The fourth-order valence-electron chi connectivity index (χ4n) is 3.09. The topological polar surface area (TPSA) is 53.4 Å². The highest BCUT2D eigenvalue weighted by atomic mass is 16.4. The van der Waals surface area contributed by atoms with Gasteiger partial charge in [0.25, 0.3) is 0 Å². The number of fused-ring (bicyclic) bond motifs is 1. The monoisotopic (exact) mass is 284 g/mol. The maximum absolute atomic E-state index is 11.5. The number of para-hydroxylation sites is 1. The quantitative estimate of drug-likeness (QED) is 0.916. The molecule has 1 aromatic carbocycles. The van der Waals surface area contributed by atoms with E-state index in [0.29, 0.717) is 22.9 Å². The first-order valence-corrected chi connectivity index (χ1v) is 7.46. The summed E-state index contributed by atoms with van der Waals surface area (Å²) < 4.78 is 0. The maximum Gasteiger partial charge on any atom is 0.336 e. The normalized spacial score (nSPS) is 22.5. The van der Waals surface area contributed by atoms with Crippen molar-refractivity contribution in [2.75, 3.05) is 11.4 Å². The summed E-state index contributed by atoms with van der Waals surface area (Å²) >= 11 is 0. The minimum Gasteiger partial charge on any atom is -0.478 e. The average molecular weight is 284 g/mol. The van der Waals surface area contributed by atoms with E-state index < -0.39 is 5.97 Å². The summed E-state index contributed by atoms with van der Waals surface area (Å²) in [6, 6.07) is 9.56. The fraction of sp³-hybridized carbons (Fsp3) is 0.412. The van der Waals surface area contributed by atoms with E-state index in [1.807, 2.05) is 24.3 Å². The highest BCUT2D eigenvalue weighted by Crippen LogP contribution is 2.29. The number of anilines is 1. The molecule has 0 aliphatic carbocycles. The lowest BCUT2D eigenvalue weighted by Gasteiger charge is -2.38. The number of rotatable bonds is 2. The number of carboxylic acid groups (broad SMARTS) is 1. The zero-order valence-electron chi connectivity index (χ0n) is 12.4. The van der Waals surface area contributed by atoms with Crippen LogP contribution in [0, 0.1) is 5.92 Å². The minimum atomic E-state index is -0.896. The fourth-order valence-corrected chi connectivity index (χ4v) is 3.09. The Morgan fingerprint density at radius 2 is 2.05 bits per heavy atom. The molecule has 1 aliphatic rings. The van der Waals surface area contributed by atoms with E-state index in [9.17, 15) is 9.90 Å². The molecule has 4 nitrogen and oxygen atoms in total. The first-order chi connectivity index (χ1) is 10.1. The Labute approximate surface area is 124 Å². The number of hydrogen-bond donors (Lipinski definition) is 1. The van der Waals surface area contributed by atoms with Gasteiger partial charge >= 0.3 is 5.97 Å². The summed E-state index contributed by atoms with van der Waals surface area (Å²) in [5, 5.41) is 10.2. The van der Waals surface area contributed by atoms with E-state index >= 15 is 0 Å². The Morgan fingerprint density at radius 1 is 1.29 bits per heavy atom. The van der Waals surface area contributed by atoms with Crippen LogP contribution < -0.4 is 4.90 Å². The lowest BCUT2D eigenvalue weighted by molar-refractivity contribution is 0.0699. The van der Waals surface area contributed by atoms with Crippen molar-refractivity contribution in [3.63, 3.8) is 0 Å². The van der Waals surface area contributed by atoms with E-state index in [0.717, 1.165) is 24.3 Å². The second-order valence-corrected chi connectivity index (χ2v) is 6.03. The molecule has 2 aromatic rings. The molecule has 0 spiro atoms. The summed E-state index contributed by atoms with van der Waals surface area (Å²) in [4.78, 5) is 18.5. The summed E-state index contributed by atoms with van der Waals surface area (Å²) in [5.74, 6) is 0.500. The van der Waals surface area contributed by atoms with Crippen molar-refractivity contribution < 1.29 is 9.90 Å². The Balaban J connectivity index is 2.12. The smallest absolute Gasteiger partial charge is 0.336 e. The number of benzene rings is 1. The lowest BCUT2D eigenvalue weighted by Crippen LogP contribution is -2.41. The molecule has 1 saturated heterocycles. The van der Waals surface area contributed by atoms with Gasteiger partial charge in [0.2, 0.25) is 0 Å². The molecule has 0 radical (unpaired) electrons. The van der Waals surface area contributed by atoms with E-state index in [-0.39, 0.29) is 0 Å². The van der Waals surface area contributed by atoms with Gasteiger partial charge in [0.05, 0.1) is 11.1 Å². The third kappa shape index (κ3) is 2.58. The van der Waals surface area contributed by atoms with E-state index in [2.05, 4.69) is 23.7 Å². The Morgan fingerprint density at radius 3 is 2.81 bits per heavy atom. The van der Waals surface area contributed by atoms with Crippen molar-refractivity contribution in [1.82, 2.24) is 4.98 Å².